The summed E-state index contributed by atoms with van der Waals surface area (Å²) in [4.78, 5) is 136. The molecule has 0 aromatic heterocycles. The molecule has 1 unspecified atom stereocenters. The molecule has 1 aliphatic heterocycles. The maximum atomic E-state index is 15.2. The van der Waals surface area contributed by atoms with E-state index in [1.54, 1.807) is 33.0 Å². The van der Waals surface area contributed by atoms with Crippen LogP contribution in [-0.4, -0.2) is 172 Å². The Labute approximate surface area is 487 Å². The zero-order chi connectivity index (χ0) is 60.5. The molecule has 3 fully saturated rings. The molecule has 3 aliphatic rings. The van der Waals surface area contributed by atoms with E-state index in [1.807, 2.05) is 76.2 Å². The van der Waals surface area contributed by atoms with Crippen LogP contribution in [0.2, 0.25) is 0 Å². The standard InChI is InChI=1S/C63H96N8O11/c1-39(2)35-47(65-57(75)52(40(3)4)68(9)51(73)38-45-29-20-14-21-30-45)60(78)70(11)54(42(7)72)63(81)82-55(46-31-22-15-23-32-46)62(80)69(10)53(41(5)6)58(76)66-48(36-43-25-16-12-17-26-43)59(77)67(8)50(37-44-27-18-13-19-28-44)61(79)71-34-24-33-49(71)56(64)74/h12-13,16-19,25-28,39-42,45-50,52-55,72H,14-15,20-24,29-38H2,1-11H3,(H2,64,74)(H,65,75)(H,66,76)/t42-,47+,48+,49+,50?,52+,53+,54+,55+/m1/s1. The Morgan fingerprint density at radius 3 is 1.60 bits per heavy atom. The van der Waals surface area contributed by atoms with Crippen molar-refractivity contribution in [2.45, 2.75) is 206 Å². The van der Waals surface area contributed by atoms with Gasteiger partial charge in [-0.05, 0) is 86.7 Å². The Morgan fingerprint density at radius 1 is 0.598 bits per heavy atom. The van der Waals surface area contributed by atoms with Crippen LogP contribution in [0.15, 0.2) is 60.7 Å². The predicted molar refractivity (Wildman–Crippen MR) is 313 cm³/mol. The second kappa shape index (κ2) is 31.3. The molecule has 454 valence electrons. The van der Waals surface area contributed by atoms with Gasteiger partial charge in [0.2, 0.25) is 41.4 Å². The summed E-state index contributed by atoms with van der Waals surface area (Å²) >= 11 is 0. The van der Waals surface area contributed by atoms with Gasteiger partial charge in [0, 0.05) is 59.9 Å². The molecule has 2 aromatic rings. The smallest absolute Gasteiger partial charge is 0.332 e. The first-order chi connectivity index (χ1) is 38.8. The molecule has 5 N–H and O–H groups in total. The summed E-state index contributed by atoms with van der Waals surface area (Å²) < 4.78 is 6.23. The molecule has 1 heterocycles. The molecule has 19 nitrogen and oxygen atoms in total. The van der Waals surface area contributed by atoms with E-state index in [4.69, 9.17) is 10.5 Å². The first-order valence-corrected chi connectivity index (χ1v) is 30.1. The van der Waals surface area contributed by atoms with Gasteiger partial charge in [-0.3, -0.25) is 38.4 Å². The van der Waals surface area contributed by atoms with Crippen molar-refractivity contribution in [1.82, 2.24) is 35.1 Å². The molecule has 2 saturated carbocycles. The van der Waals surface area contributed by atoms with Crippen molar-refractivity contribution in [3.63, 3.8) is 0 Å². The molecule has 2 aromatic carbocycles. The summed E-state index contributed by atoms with van der Waals surface area (Å²) in [6.45, 7) is 12.6. The van der Waals surface area contributed by atoms with Crippen molar-refractivity contribution in [2.24, 2.45) is 35.3 Å². The van der Waals surface area contributed by atoms with Gasteiger partial charge in [-0.25, -0.2) is 4.79 Å². The molecule has 19 heteroatoms. The molecule has 82 heavy (non-hydrogen) atoms. The molecular formula is C63H96N8O11. The van der Waals surface area contributed by atoms with Crippen LogP contribution in [0.1, 0.15) is 149 Å². The zero-order valence-electron chi connectivity index (χ0n) is 50.7. The zero-order valence-corrected chi connectivity index (χ0v) is 50.7. The number of aliphatic hydroxyl groups is 1. The van der Waals surface area contributed by atoms with E-state index in [9.17, 15) is 38.7 Å². The number of benzene rings is 2. The van der Waals surface area contributed by atoms with Crippen LogP contribution in [-0.2, 0) is 60.7 Å². The third-order valence-electron chi connectivity index (χ3n) is 17.0. The third kappa shape index (κ3) is 17.8. The Hall–Kier alpha value is -6.37. The molecule has 8 amide bonds. The highest BCUT2D eigenvalue weighted by atomic mass is 16.6. The SMILES string of the molecule is CC(C)C[C@H](NC(=O)[C@H](C(C)C)N(C)C(=O)CC1CCCCC1)C(=O)N(C)[C@H](C(=O)O[C@H](C(=O)N(C)[C@H](C(=O)N[C@@H](Cc1ccccc1)C(=O)N(C)C(Cc1ccccc1)C(=O)N1CCC[C@H]1C(N)=O)C(C)C)C1CCCCC1)[C@@H](C)O. The lowest BCUT2D eigenvalue weighted by Crippen LogP contribution is -2.61. The van der Waals surface area contributed by atoms with Crippen molar-refractivity contribution >= 4 is 53.2 Å². The van der Waals surface area contributed by atoms with Crippen LogP contribution in [0.25, 0.3) is 0 Å². The Bertz CT molecular complexity index is 2460. The van der Waals surface area contributed by atoms with Crippen LogP contribution in [0.3, 0.4) is 0 Å². The second-order valence-electron chi connectivity index (χ2n) is 24.6. The highest BCUT2D eigenvalue weighted by Gasteiger charge is 2.46. The number of nitrogens with zero attached hydrogens (tertiary/aromatic N) is 5. The van der Waals surface area contributed by atoms with E-state index in [1.165, 1.54) is 47.7 Å². The number of carbonyl (C=O) groups excluding carboxylic acids is 9. The number of likely N-dealkylation sites (tertiary alicyclic amines) is 1. The number of primary amides is 1. The maximum Gasteiger partial charge on any atom is 0.332 e. The van der Waals surface area contributed by atoms with Crippen LogP contribution >= 0.6 is 0 Å². The molecule has 0 bridgehead atoms. The number of aliphatic hydroxyl groups excluding tert-OH is 1. The van der Waals surface area contributed by atoms with Gasteiger partial charge in [0.1, 0.15) is 36.3 Å². The number of carbonyl (C=O) groups is 9. The number of nitrogens with two attached hydrogens (primary N) is 1. The van der Waals surface area contributed by atoms with E-state index in [0.29, 0.717) is 37.7 Å². The summed E-state index contributed by atoms with van der Waals surface area (Å²) in [5.41, 5.74) is 7.23. The average molecular weight is 1140 g/mol. The minimum absolute atomic E-state index is 0.0184. The van der Waals surface area contributed by atoms with Crippen LogP contribution in [0, 0.1) is 29.6 Å². The largest absolute Gasteiger partial charge is 0.450 e. The molecule has 2 aliphatic carbocycles. The van der Waals surface area contributed by atoms with Gasteiger partial charge in [-0.1, -0.05) is 141 Å². The van der Waals surface area contributed by atoms with Crippen molar-refractivity contribution in [3.05, 3.63) is 71.8 Å². The van der Waals surface area contributed by atoms with E-state index in [0.717, 1.165) is 61.8 Å². The number of likely N-dealkylation sites (N-methyl/N-ethyl adjacent to an activating group) is 4. The van der Waals surface area contributed by atoms with Crippen molar-refractivity contribution in [2.75, 3.05) is 34.7 Å². The Morgan fingerprint density at radius 2 is 1.09 bits per heavy atom. The normalized spacial score (nSPS) is 19.0. The minimum atomic E-state index is -1.63. The van der Waals surface area contributed by atoms with E-state index >= 15 is 9.59 Å². The number of hydrogen-bond acceptors (Lipinski definition) is 11. The summed E-state index contributed by atoms with van der Waals surface area (Å²) in [5.74, 6) is -6.62. The van der Waals surface area contributed by atoms with Gasteiger partial charge in [0.25, 0.3) is 5.91 Å². The van der Waals surface area contributed by atoms with E-state index < -0.39 is 114 Å². The monoisotopic (exact) mass is 1140 g/mol. The topological polar surface area (TPSA) is 249 Å². The van der Waals surface area contributed by atoms with Gasteiger partial charge in [-0.15, -0.1) is 0 Å². The highest BCUT2D eigenvalue weighted by Crippen LogP contribution is 2.32. The number of rotatable bonds is 27. The van der Waals surface area contributed by atoms with Gasteiger partial charge >= 0.3 is 5.97 Å². The average Bonchev–Trinajstić information content (AvgIpc) is 4.05. The lowest BCUT2D eigenvalue weighted by molar-refractivity contribution is -0.174. The van der Waals surface area contributed by atoms with Gasteiger partial charge in [0.15, 0.2) is 12.1 Å². The maximum absolute atomic E-state index is 15.2. The van der Waals surface area contributed by atoms with Crippen molar-refractivity contribution in [3.8, 4) is 0 Å². The van der Waals surface area contributed by atoms with Gasteiger partial charge in [0.05, 0.1) is 6.10 Å². The summed E-state index contributed by atoms with van der Waals surface area (Å²) in [6, 6.07) is 10.2. The quantitative estimate of drug-likeness (QED) is 0.0822. The third-order valence-corrected chi connectivity index (χ3v) is 17.0. The summed E-state index contributed by atoms with van der Waals surface area (Å²) in [5, 5.41) is 17.2. The number of nitrogens with one attached hydrogen (secondary N) is 2. The van der Waals surface area contributed by atoms with E-state index in [2.05, 4.69) is 10.6 Å². The fraction of sp³-hybridized carbons (Fsp3) is 0.667. The molecule has 0 radical (unpaired) electrons. The summed E-state index contributed by atoms with van der Waals surface area (Å²) in [6.07, 6.45) is 7.27. The van der Waals surface area contributed by atoms with Crippen molar-refractivity contribution < 1.29 is 53.0 Å². The van der Waals surface area contributed by atoms with Crippen molar-refractivity contribution in [1.29, 1.82) is 0 Å². The molecule has 0 spiro atoms. The number of ether oxygens (including phenoxy) is 1. The van der Waals surface area contributed by atoms with Gasteiger partial charge < -0.3 is 50.7 Å². The fourth-order valence-corrected chi connectivity index (χ4v) is 12.6. The van der Waals surface area contributed by atoms with Crippen LogP contribution < -0.4 is 16.4 Å². The lowest BCUT2D eigenvalue weighted by Gasteiger charge is -2.38. The first-order valence-electron chi connectivity index (χ1n) is 30.1. The number of esters is 1. The predicted octanol–water partition coefficient (Wildman–Crippen LogP) is 5.43. The van der Waals surface area contributed by atoms with Crippen LogP contribution in [0.5, 0.6) is 0 Å². The summed E-state index contributed by atoms with van der Waals surface area (Å²) in [7, 11) is 5.91. The number of hydrogen-bond donors (Lipinski definition) is 4. The number of amides is 8. The Balaban J connectivity index is 1.40. The highest BCUT2D eigenvalue weighted by molar-refractivity contribution is 5.97. The molecule has 9 atom stereocenters. The molecule has 1 saturated heterocycles. The Kier molecular flexibility index (Phi) is 25.4. The molecule has 5 rings (SSSR count). The lowest BCUT2D eigenvalue weighted by atomic mass is 9.84. The van der Waals surface area contributed by atoms with Crippen LogP contribution in [0.4, 0.5) is 0 Å². The first kappa shape index (κ1) is 66.4. The minimum Gasteiger partial charge on any atom is -0.450 e. The second-order valence-corrected chi connectivity index (χ2v) is 24.6. The fourth-order valence-electron chi connectivity index (χ4n) is 12.6. The molecular weight excluding hydrogens is 1040 g/mol. The van der Waals surface area contributed by atoms with Gasteiger partial charge in [-0.2, -0.15) is 0 Å². The van der Waals surface area contributed by atoms with E-state index in [-0.39, 0.29) is 49.5 Å².